The average Bonchev–Trinajstić information content (AvgIpc) is 2.28. The Morgan fingerprint density at radius 3 is 2.65 bits per heavy atom. The number of aromatic carboxylic acids is 1. The number of rotatable bonds is 4. The van der Waals surface area contributed by atoms with Crippen molar-refractivity contribution in [2.75, 3.05) is 0 Å². The molecule has 0 aliphatic rings. The zero-order valence-corrected chi connectivity index (χ0v) is 9.42. The maximum absolute atomic E-state index is 10.9. The molecule has 2 atom stereocenters. The molecule has 1 aromatic carbocycles. The molecule has 1 rings (SSSR count). The van der Waals surface area contributed by atoms with Crippen molar-refractivity contribution < 1.29 is 20.1 Å². The fourth-order valence-electron chi connectivity index (χ4n) is 1.38. The van der Waals surface area contributed by atoms with Gasteiger partial charge in [0.1, 0.15) is 6.10 Å². The van der Waals surface area contributed by atoms with Crippen molar-refractivity contribution in [2.24, 2.45) is 0 Å². The summed E-state index contributed by atoms with van der Waals surface area (Å²) in [5.74, 6) is -1.26. The predicted molar refractivity (Wildman–Crippen MR) is 59.6 cm³/mol. The van der Waals surface area contributed by atoms with Crippen LogP contribution < -0.4 is 0 Å². The summed E-state index contributed by atoms with van der Waals surface area (Å²) in [7, 11) is 0. The molecule has 0 heterocycles. The molecule has 5 nitrogen and oxygen atoms in total. The van der Waals surface area contributed by atoms with Crippen molar-refractivity contribution in [3.8, 4) is 6.07 Å². The number of carboxylic acids is 1. The summed E-state index contributed by atoms with van der Waals surface area (Å²) >= 11 is 5.65. The van der Waals surface area contributed by atoms with Gasteiger partial charge in [0.05, 0.1) is 24.2 Å². The fourth-order valence-corrected chi connectivity index (χ4v) is 1.56. The summed E-state index contributed by atoms with van der Waals surface area (Å²) < 4.78 is 0. The lowest BCUT2D eigenvalue weighted by Crippen LogP contribution is -2.20. The molecule has 0 aliphatic carbocycles. The van der Waals surface area contributed by atoms with Gasteiger partial charge in [-0.1, -0.05) is 17.7 Å². The summed E-state index contributed by atoms with van der Waals surface area (Å²) in [6.45, 7) is 0. The first kappa shape index (κ1) is 13.5. The van der Waals surface area contributed by atoms with Gasteiger partial charge in [0.15, 0.2) is 0 Å². The Morgan fingerprint density at radius 2 is 2.12 bits per heavy atom. The number of aliphatic hydroxyl groups excluding tert-OH is 2. The molecule has 0 bridgehead atoms. The minimum Gasteiger partial charge on any atom is -0.478 e. The highest BCUT2D eigenvalue weighted by Crippen LogP contribution is 2.25. The van der Waals surface area contributed by atoms with E-state index in [1.54, 1.807) is 6.07 Å². The predicted octanol–water partition coefficient (Wildman–Crippen LogP) is 1.35. The molecule has 0 radical (unpaired) electrons. The van der Waals surface area contributed by atoms with E-state index in [4.69, 9.17) is 22.0 Å². The third-order valence-electron chi connectivity index (χ3n) is 2.23. The fraction of sp³-hybridized carbons (Fsp3) is 0.273. The van der Waals surface area contributed by atoms with Crippen LogP contribution in [0.2, 0.25) is 5.02 Å². The molecule has 0 spiro atoms. The van der Waals surface area contributed by atoms with Gasteiger partial charge in [-0.2, -0.15) is 5.26 Å². The summed E-state index contributed by atoms with van der Waals surface area (Å²) in [6.07, 6.45) is -3.06. The van der Waals surface area contributed by atoms with Crippen LogP contribution >= 0.6 is 11.6 Å². The van der Waals surface area contributed by atoms with Gasteiger partial charge in [0.2, 0.25) is 0 Å². The van der Waals surface area contributed by atoms with Crippen LogP contribution in [0.25, 0.3) is 0 Å². The Balaban J connectivity index is 3.13. The normalized spacial score (nSPS) is 13.8. The molecule has 1 aromatic rings. The first-order valence-electron chi connectivity index (χ1n) is 4.73. The second-order valence-corrected chi connectivity index (χ2v) is 3.85. The monoisotopic (exact) mass is 255 g/mol. The van der Waals surface area contributed by atoms with Gasteiger partial charge < -0.3 is 15.3 Å². The van der Waals surface area contributed by atoms with E-state index in [-0.39, 0.29) is 22.6 Å². The lowest BCUT2D eigenvalue weighted by Gasteiger charge is -2.17. The van der Waals surface area contributed by atoms with Gasteiger partial charge in [-0.15, -0.1) is 0 Å². The van der Waals surface area contributed by atoms with Crippen molar-refractivity contribution in [2.45, 2.75) is 18.6 Å². The van der Waals surface area contributed by atoms with Crippen molar-refractivity contribution in [3.63, 3.8) is 0 Å². The Kier molecular flexibility index (Phi) is 4.46. The Labute approximate surface area is 102 Å². The van der Waals surface area contributed by atoms with Crippen molar-refractivity contribution in [1.82, 2.24) is 0 Å². The number of carboxylic acid groups (broad SMARTS) is 1. The number of aliphatic hydroxyl groups is 2. The molecule has 2 unspecified atom stereocenters. The minimum atomic E-state index is -1.43. The average molecular weight is 256 g/mol. The molecule has 6 heteroatoms. The van der Waals surface area contributed by atoms with Crippen LogP contribution in [0.1, 0.15) is 28.4 Å². The highest BCUT2D eigenvalue weighted by molar-refractivity contribution is 6.30. The number of nitriles is 1. The van der Waals surface area contributed by atoms with Gasteiger partial charge in [0, 0.05) is 5.02 Å². The van der Waals surface area contributed by atoms with E-state index in [1.165, 1.54) is 18.2 Å². The van der Waals surface area contributed by atoms with Crippen molar-refractivity contribution in [3.05, 3.63) is 34.3 Å². The molecule has 3 N–H and O–H groups in total. The molecule has 17 heavy (non-hydrogen) atoms. The number of carbonyl (C=O) groups is 1. The summed E-state index contributed by atoms with van der Waals surface area (Å²) in [5.41, 5.74) is -0.161. The molecule has 0 saturated heterocycles. The molecule has 0 aromatic heterocycles. The quantitative estimate of drug-likeness (QED) is 0.754. The van der Waals surface area contributed by atoms with E-state index in [2.05, 4.69) is 0 Å². The molecule has 90 valence electrons. The number of hydrogen-bond acceptors (Lipinski definition) is 4. The van der Waals surface area contributed by atoms with Crippen molar-refractivity contribution >= 4 is 17.6 Å². The second kappa shape index (κ2) is 5.64. The molecule has 0 saturated carbocycles. The number of halogens is 1. The van der Waals surface area contributed by atoms with Crippen molar-refractivity contribution in [1.29, 1.82) is 5.26 Å². The molecular weight excluding hydrogens is 246 g/mol. The van der Waals surface area contributed by atoms with Crippen LogP contribution in [-0.4, -0.2) is 27.4 Å². The minimum absolute atomic E-state index is 0.0321. The lowest BCUT2D eigenvalue weighted by molar-refractivity contribution is 0.0205. The third-order valence-corrected chi connectivity index (χ3v) is 2.46. The first-order valence-corrected chi connectivity index (χ1v) is 5.11. The van der Waals surface area contributed by atoms with Gasteiger partial charge in [-0.3, -0.25) is 0 Å². The van der Waals surface area contributed by atoms with E-state index in [0.717, 1.165) is 0 Å². The maximum atomic E-state index is 10.9. The van der Waals surface area contributed by atoms with Gasteiger partial charge in [0.25, 0.3) is 0 Å². The first-order chi connectivity index (χ1) is 7.97. The Morgan fingerprint density at radius 1 is 1.47 bits per heavy atom. The summed E-state index contributed by atoms with van der Waals surface area (Å²) in [5, 5.41) is 36.7. The van der Waals surface area contributed by atoms with Crippen LogP contribution in [0.3, 0.4) is 0 Å². The SMILES string of the molecule is N#CCC(O)C(O)c1ccc(Cl)cc1C(=O)O. The van der Waals surface area contributed by atoms with Crippen LogP contribution in [0, 0.1) is 11.3 Å². The lowest BCUT2D eigenvalue weighted by atomic mass is 9.97. The molecule has 0 amide bonds. The zero-order valence-electron chi connectivity index (χ0n) is 8.67. The maximum Gasteiger partial charge on any atom is 0.336 e. The van der Waals surface area contributed by atoms with Gasteiger partial charge in [-0.25, -0.2) is 4.79 Å². The number of hydrogen-bond donors (Lipinski definition) is 3. The topological polar surface area (TPSA) is 102 Å². The van der Waals surface area contributed by atoms with E-state index in [1.807, 2.05) is 0 Å². The van der Waals surface area contributed by atoms with E-state index in [0.29, 0.717) is 0 Å². The smallest absolute Gasteiger partial charge is 0.336 e. The number of benzene rings is 1. The van der Waals surface area contributed by atoms with Gasteiger partial charge in [-0.05, 0) is 17.7 Å². The number of nitrogens with zero attached hydrogens (tertiary/aromatic N) is 1. The molecular formula is C11H10ClNO4. The van der Waals surface area contributed by atoms with E-state index >= 15 is 0 Å². The van der Waals surface area contributed by atoms with E-state index in [9.17, 15) is 15.0 Å². The summed E-state index contributed by atoms with van der Waals surface area (Å²) in [4.78, 5) is 10.9. The Bertz CT molecular complexity index is 469. The van der Waals surface area contributed by atoms with Crippen LogP contribution in [0.4, 0.5) is 0 Å². The van der Waals surface area contributed by atoms with E-state index < -0.39 is 18.2 Å². The van der Waals surface area contributed by atoms with Gasteiger partial charge >= 0.3 is 5.97 Å². The molecule has 0 fully saturated rings. The zero-order chi connectivity index (χ0) is 13.0. The largest absolute Gasteiger partial charge is 0.478 e. The highest BCUT2D eigenvalue weighted by Gasteiger charge is 2.23. The summed E-state index contributed by atoms with van der Waals surface area (Å²) in [6, 6.07) is 5.60. The second-order valence-electron chi connectivity index (χ2n) is 3.41. The standard InChI is InChI=1S/C11H10ClNO4/c12-6-1-2-7(8(5-6)11(16)17)10(15)9(14)3-4-13/h1-2,5,9-10,14-15H,3H2,(H,16,17). The highest BCUT2D eigenvalue weighted by atomic mass is 35.5. The van der Waals surface area contributed by atoms with Crippen LogP contribution in [-0.2, 0) is 0 Å². The van der Waals surface area contributed by atoms with Crippen LogP contribution in [0.15, 0.2) is 18.2 Å². The third kappa shape index (κ3) is 3.17. The molecule has 0 aliphatic heterocycles. The Hall–Kier alpha value is -1.61. The van der Waals surface area contributed by atoms with Crippen LogP contribution in [0.5, 0.6) is 0 Å².